The predicted octanol–water partition coefficient (Wildman–Crippen LogP) is 5.82. The molecule has 1 aliphatic carbocycles. The molecule has 4 heteroatoms. The highest BCUT2D eigenvalue weighted by Gasteiger charge is 2.31. The number of hydrogen-bond acceptors (Lipinski definition) is 4. The number of hydrogen-bond donors (Lipinski definition) is 0. The van der Waals surface area contributed by atoms with Crippen molar-refractivity contribution in [3.8, 4) is 0 Å². The molecule has 0 saturated heterocycles. The van der Waals surface area contributed by atoms with Gasteiger partial charge < -0.3 is 9.47 Å². The van der Waals surface area contributed by atoms with Gasteiger partial charge in [0.05, 0.1) is 25.0 Å². The number of carbonyl (C=O) groups is 2. The minimum atomic E-state index is -0.107. The molecule has 0 N–H and O–H groups in total. The first kappa shape index (κ1) is 23.0. The summed E-state index contributed by atoms with van der Waals surface area (Å²) in [6.07, 6.45) is 15.8. The van der Waals surface area contributed by atoms with E-state index in [0.29, 0.717) is 13.2 Å². The Labute approximate surface area is 160 Å². The molecule has 0 unspecified atom stereocenters. The molecule has 4 nitrogen and oxygen atoms in total. The van der Waals surface area contributed by atoms with Crippen LogP contribution in [0.1, 0.15) is 104 Å². The summed E-state index contributed by atoms with van der Waals surface area (Å²) in [5.74, 6) is -0.224. The van der Waals surface area contributed by atoms with Gasteiger partial charge >= 0.3 is 11.9 Å². The van der Waals surface area contributed by atoms with E-state index in [1.54, 1.807) is 0 Å². The molecule has 1 fully saturated rings. The lowest BCUT2D eigenvalue weighted by atomic mass is 9.82. The molecule has 0 spiro atoms. The van der Waals surface area contributed by atoms with Gasteiger partial charge in [-0.2, -0.15) is 0 Å². The highest BCUT2D eigenvalue weighted by atomic mass is 16.5. The van der Waals surface area contributed by atoms with Gasteiger partial charge in [0.2, 0.25) is 0 Å². The summed E-state index contributed by atoms with van der Waals surface area (Å²) >= 11 is 0. The van der Waals surface area contributed by atoms with E-state index in [4.69, 9.17) is 9.47 Å². The van der Waals surface area contributed by atoms with Crippen molar-refractivity contribution < 1.29 is 19.1 Å². The summed E-state index contributed by atoms with van der Waals surface area (Å²) in [4.78, 5) is 23.8. The lowest BCUT2D eigenvalue weighted by molar-refractivity contribution is -0.155. The van der Waals surface area contributed by atoms with Crippen LogP contribution in [-0.2, 0) is 19.1 Å². The lowest BCUT2D eigenvalue weighted by Gasteiger charge is -2.25. The first-order valence-electron chi connectivity index (χ1n) is 11.0. The Kier molecular flexibility index (Phi) is 13.3. The summed E-state index contributed by atoms with van der Waals surface area (Å²) in [5, 5.41) is 0. The van der Waals surface area contributed by atoms with Gasteiger partial charge in [0.25, 0.3) is 0 Å². The molecule has 0 radical (unpaired) electrons. The van der Waals surface area contributed by atoms with Gasteiger partial charge in [-0.05, 0) is 39.0 Å². The largest absolute Gasteiger partial charge is 0.466 e. The summed E-state index contributed by atoms with van der Waals surface area (Å²) < 4.78 is 10.5. The SMILES string of the molecule is CCCCCCCCCCCCOC(=O)C1CCC(C(=O)OCC)CC1. The Hall–Kier alpha value is -1.06. The molecule has 1 rings (SSSR count). The minimum Gasteiger partial charge on any atom is -0.466 e. The topological polar surface area (TPSA) is 52.6 Å². The first-order chi connectivity index (χ1) is 12.7. The first-order valence-corrected chi connectivity index (χ1v) is 11.0. The molecule has 0 aliphatic heterocycles. The number of unbranched alkanes of at least 4 members (excludes halogenated alkanes) is 9. The van der Waals surface area contributed by atoms with Crippen LogP contribution in [-0.4, -0.2) is 25.2 Å². The molecular weight excluding hydrogens is 328 g/mol. The number of esters is 2. The molecule has 0 aromatic rings. The summed E-state index contributed by atoms with van der Waals surface area (Å²) in [5.41, 5.74) is 0. The Bertz CT molecular complexity index is 372. The Balaban J connectivity index is 1.95. The van der Waals surface area contributed by atoms with Gasteiger partial charge in [0, 0.05) is 0 Å². The highest BCUT2D eigenvalue weighted by molar-refractivity contribution is 5.75. The van der Waals surface area contributed by atoms with Crippen molar-refractivity contribution in [1.82, 2.24) is 0 Å². The quantitative estimate of drug-likeness (QED) is 0.286. The van der Waals surface area contributed by atoms with E-state index in [0.717, 1.165) is 38.5 Å². The van der Waals surface area contributed by atoms with Crippen molar-refractivity contribution in [1.29, 1.82) is 0 Å². The van der Waals surface area contributed by atoms with Crippen LogP contribution in [0.2, 0.25) is 0 Å². The van der Waals surface area contributed by atoms with Gasteiger partial charge in [0.1, 0.15) is 0 Å². The van der Waals surface area contributed by atoms with Gasteiger partial charge in [-0.15, -0.1) is 0 Å². The molecule has 0 aromatic carbocycles. The second kappa shape index (κ2) is 15.0. The Morgan fingerprint density at radius 1 is 0.654 bits per heavy atom. The maximum Gasteiger partial charge on any atom is 0.308 e. The smallest absolute Gasteiger partial charge is 0.308 e. The van der Waals surface area contributed by atoms with Gasteiger partial charge in [-0.25, -0.2) is 0 Å². The number of ether oxygens (including phenoxy) is 2. The van der Waals surface area contributed by atoms with Crippen LogP contribution in [0.4, 0.5) is 0 Å². The van der Waals surface area contributed by atoms with Crippen molar-refractivity contribution >= 4 is 11.9 Å². The molecule has 0 heterocycles. The summed E-state index contributed by atoms with van der Waals surface area (Å²) in [6.45, 7) is 5.06. The van der Waals surface area contributed by atoms with Gasteiger partial charge in [-0.1, -0.05) is 64.7 Å². The average molecular weight is 369 g/mol. The third-order valence-electron chi connectivity index (χ3n) is 5.42. The van der Waals surface area contributed by atoms with Gasteiger partial charge in [0.15, 0.2) is 0 Å². The normalized spacial score (nSPS) is 19.9. The highest BCUT2D eigenvalue weighted by Crippen LogP contribution is 2.30. The maximum absolute atomic E-state index is 12.1. The molecular formula is C22H40O4. The zero-order valence-corrected chi connectivity index (χ0v) is 17.1. The molecule has 152 valence electrons. The Morgan fingerprint density at radius 3 is 1.54 bits per heavy atom. The van der Waals surface area contributed by atoms with E-state index in [1.807, 2.05) is 6.92 Å². The van der Waals surface area contributed by atoms with Gasteiger partial charge in [-0.3, -0.25) is 9.59 Å². The third kappa shape index (κ3) is 10.2. The van der Waals surface area contributed by atoms with Crippen LogP contribution in [0.3, 0.4) is 0 Å². The summed E-state index contributed by atoms with van der Waals surface area (Å²) in [7, 11) is 0. The fourth-order valence-electron chi connectivity index (χ4n) is 3.71. The Morgan fingerprint density at radius 2 is 1.08 bits per heavy atom. The van der Waals surface area contributed by atoms with E-state index in [-0.39, 0.29) is 23.8 Å². The average Bonchev–Trinajstić information content (AvgIpc) is 2.66. The fraction of sp³-hybridized carbons (Fsp3) is 0.909. The predicted molar refractivity (Wildman–Crippen MR) is 105 cm³/mol. The van der Waals surface area contributed by atoms with Crippen LogP contribution in [0.25, 0.3) is 0 Å². The van der Waals surface area contributed by atoms with Crippen molar-refractivity contribution in [3.63, 3.8) is 0 Å². The van der Waals surface area contributed by atoms with E-state index < -0.39 is 0 Å². The monoisotopic (exact) mass is 368 g/mol. The van der Waals surface area contributed by atoms with E-state index in [2.05, 4.69) is 6.92 Å². The van der Waals surface area contributed by atoms with Crippen molar-refractivity contribution in [2.45, 2.75) is 104 Å². The van der Waals surface area contributed by atoms with Crippen molar-refractivity contribution in [2.24, 2.45) is 11.8 Å². The van der Waals surface area contributed by atoms with E-state index in [9.17, 15) is 9.59 Å². The number of rotatable bonds is 14. The summed E-state index contributed by atoms with van der Waals surface area (Å²) in [6, 6.07) is 0. The fourth-order valence-corrected chi connectivity index (χ4v) is 3.71. The standard InChI is InChI=1S/C22H40O4/c1-3-5-6-7-8-9-10-11-12-13-18-26-22(24)20-16-14-19(15-17-20)21(23)25-4-2/h19-20H,3-18H2,1-2H3. The second-order valence-corrected chi connectivity index (χ2v) is 7.65. The number of carbonyl (C=O) groups excluding carboxylic acids is 2. The molecule has 0 amide bonds. The molecule has 1 saturated carbocycles. The molecule has 26 heavy (non-hydrogen) atoms. The van der Waals surface area contributed by atoms with E-state index in [1.165, 1.54) is 51.4 Å². The third-order valence-corrected chi connectivity index (χ3v) is 5.42. The van der Waals surface area contributed by atoms with Crippen LogP contribution < -0.4 is 0 Å². The molecule has 0 aromatic heterocycles. The molecule has 1 aliphatic rings. The van der Waals surface area contributed by atoms with Crippen LogP contribution >= 0.6 is 0 Å². The minimum absolute atomic E-state index is 0.0243. The molecule has 0 bridgehead atoms. The zero-order chi connectivity index (χ0) is 19.0. The molecule has 0 atom stereocenters. The van der Waals surface area contributed by atoms with Crippen LogP contribution in [0.15, 0.2) is 0 Å². The lowest BCUT2D eigenvalue weighted by Crippen LogP contribution is -2.28. The van der Waals surface area contributed by atoms with E-state index >= 15 is 0 Å². The van der Waals surface area contributed by atoms with Crippen molar-refractivity contribution in [2.75, 3.05) is 13.2 Å². The zero-order valence-electron chi connectivity index (χ0n) is 17.1. The van der Waals surface area contributed by atoms with Crippen LogP contribution in [0, 0.1) is 11.8 Å². The van der Waals surface area contributed by atoms with Crippen LogP contribution in [0.5, 0.6) is 0 Å². The second-order valence-electron chi connectivity index (χ2n) is 7.65. The maximum atomic E-state index is 12.1. The van der Waals surface area contributed by atoms with Crippen molar-refractivity contribution in [3.05, 3.63) is 0 Å².